The van der Waals surface area contributed by atoms with E-state index in [1.54, 1.807) is 52.0 Å². The molecule has 0 aromatic heterocycles. The molecule has 8 nitrogen and oxygen atoms in total. The van der Waals surface area contributed by atoms with E-state index in [-0.39, 0.29) is 18.7 Å². The van der Waals surface area contributed by atoms with Crippen LogP contribution in [0.5, 0.6) is 5.75 Å². The fraction of sp³-hybridized carbons (Fsp3) is 0.364. The molecule has 0 aliphatic carbocycles. The fourth-order valence-corrected chi connectivity index (χ4v) is 5.02. The van der Waals surface area contributed by atoms with Crippen molar-refractivity contribution in [2.24, 2.45) is 0 Å². The van der Waals surface area contributed by atoms with E-state index in [1.165, 1.54) is 17.0 Å². The van der Waals surface area contributed by atoms with Crippen LogP contribution in [0.2, 0.25) is 5.02 Å². The van der Waals surface area contributed by atoms with Crippen LogP contribution in [-0.4, -0.2) is 46.1 Å². The van der Waals surface area contributed by atoms with E-state index in [2.05, 4.69) is 10.6 Å². The van der Waals surface area contributed by atoms with Gasteiger partial charge in [0.2, 0.25) is 5.91 Å². The highest BCUT2D eigenvalue weighted by molar-refractivity contribution is 6.34. The Kier molecular flexibility index (Phi) is 10.6. The Bertz CT molecular complexity index is 1410. The molecule has 42 heavy (non-hydrogen) atoms. The van der Waals surface area contributed by atoms with Crippen molar-refractivity contribution in [1.29, 1.82) is 0 Å². The number of ether oxygens (including phenoxy) is 1. The van der Waals surface area contributed by atoms with Gasteiger partial charge in [0.25, 0.3) is 5.91 Å². The normalized spacial score (nSPS) is 12.7. The van der Waals surface area contributed by atoms with Crippen molar-refractivity contribution in [1.82, 2.24) is 10.2 Å². The van der Waals surface area contributed by atoms with Crippen LogP contribution in [0.15, 0.2) is 60.7 Å². The van der Waals surface area contributed by atoms with Gasteiger partial charge in [-0.05, 0) is 88.9 Å². The first-order chi connectivity index (χ1) is 19.7. The second-order valence-electron chi connectivity index (χ2n) is 11.4. The maximum Gasteiger partial charge on any atom is 0.408 e. The number of carbonyl (C=O) groups excluding carboxylic acids is 3. The first kappa shape index (κ1) is 32.5. The molecule has 9 heteroatoms. The van der Waals surface area contributed by atoms with Crippen LogP contribution in [0.4, 0.5) is 10.5 Å². The van der Waals surface area contributed by atoms with Gasteiger partial charge in [0.15, 0.2) is 0 Å². The van der Waals surface area contributed by atoms with Crippen LogP contribution in [0.3, 0.4) is 0 Å². The average Bonchev–Trinajstić information content (AvgIpc) is 2.89. The van der Waals surface area contributed by atoms with Crippen LogP contribution in [0, 0.1) is 20.8 Å². The molecule has 0 spiro atoms. The summed E-state index contributed by atoms with van der Waals surface area (Å²) in [6.45, 7) is 12.9. The third-order valence-electron chi connectivity index (χ3n) is 6.74. The van der Waals surface area contributed by atoms with Crippen molar-refractivity contribution in [2.45, 2.75) is 72.6 Å². The number of nitrogens with zero attached hydrogens (tertiary/aromatic N) is 1. The summed E-state index contributed by atoms with van der Waals surface area (Å²) in [7, 11) is 0. The lowest BCUT2D eigenvalue weighted by Crippen LogP contribution is -2.53. The molecule has 0 aliphatic rings. The Morgan fingerprint density at radius 2 is 1.64 bits per heavy atom. The minimum atomic E-state index is -1.06. The highest BCUT2D eigenvalue weighted by atomic mass is 35.5. The topological polar surface area (TPSA) is 108 Å². The number of hydrogen-bond donors (Lipinski definition) is 3. The number of rotatable bonds is 9. The molecule has 3 N–H and O–H groups in total. The van der Waals surface area contributed by atoms with Crippen molar-refractivity contribution in [3.05, 3.63) is 93.5 Å². The number of phenolic OH excluding ortho intramolecular Hbond substituents is 1. The number of likely N-dealkylation sites (N-methyl/N-ethyl adjacent to an activating group) is 1. The van der Waals surface area contributed by atoms with Gasteiger partial charge >= 0.3 is 6.09 Å². The van der Waals surface area contributed by atoms with Crippen LogP contribution in [-0.2, 0) is 20.7 Å². The molecule has 3 aromatic carbocycles. The summed E-state index contributed by atoms with van der Waals surface area (Å²) < 4.78 is 5.46. The predicted molar refractivity (Wildman–Crippen MR) is 166 cm³/mol. The monoisotopic (exact) mass is 593 g/mol. The number of amides is 3. The standard InChI is InChI=1S/C33H40ClN3O5/c1-8-37(31(40)27(35-32(41)42-33(5,6)7)19-23-13-15-24(38)16-14-23)29(25-17-12-20(2)18-22(25)4)30(39)36-28-21(3)10-9-11-26(28)34/h9-18,27,29,38H,8,19H2,1-7H3,(H,35,41)(H,36,39). The van der Waals surface area contributed by atoms with Gasteiger partial charge < -0.3 is 25.4 Å². The molecular weight excluding hydrogens is 554 g/mol. The number of nitrogens with one attached hydrogen (secondary N) is 2. The van der Waals surface area contributed by atoms with Crippen molar-refractivity contribution < 1.29 is 24.2 Å². The number of aryl methyl sites for hydroxylation is 3. The second-order valence-corrected chi connectivity index (χ2v) is 11.8. The van der Waals surface area contributed by atoms with E-state index in [4.69, 9.17) is 16.3 Å². The molecule has 3 rings (SSSR count). The van der Waals surface area contributed by atoms with Crippen molar-refractivity contribution >= 4 is 35.2 Å². The number of alkyl carbamates (subject to hydrolysis) is 1. The third kappa shape index (κ3) is 8.49. The molecule has 0 bridgehead atoms. The van der Waals surface area contributed by atoms with Crippen LogP contribution >= 0.6 is 11.6 Å². The van der Waals surface area contributed by atoms with E-state index in [0.717, 1.165) is 16.7 Å². The van der Waals surface area contributed by atoms with Crippen LogP contribution in [0.25, 0.3) is 0 Å². The summed E-state index contributed by atoms with van der Waals surface area (Å²) in [6.07, 6.45) is -0.644. The quantitative estimate of drug-likeness (QED) is 0.258. The van der Waals surface area contributed by atoms with Gasteiger partial charge in [-0.25, -0.2) is 4.79 Å². The number of para-hydroxylation sites is 1. The molecule has 0 aliphatic heterocycles. The average molecular weight is 594 g/mol. The second kappa shape index (κ2) is 13.7. The third-order valence-corrected chi connectivity index (χ3v) is 7.05. The fourth-order valence-electron chi connectivity index (χ4n) is 4.75. The van der Waals surface area contributed by atoms with Gasteiger partial charge in [-0.3, -0.25) is 9.59 Å². The smallest absolute Gasteiger partial charge is 0.408 e. The first-order valence-corrected chi connectivity index (χ1v) is 14.3. The lowest BCUT2D eigenvalue weighted by Gasteiger charge is -2.34. The van der Waals surface area contributed by atoms with Gasteiger partial charge in [0, 0.05) is 13.0 Å². The molecule has 0 saturated heterocycles. The molecule has 2 unspecified atom stereocenters. The Morgan fingerprint density at radius 1 is 0.976 bits per heavy atom. The highest BCUT2D eigenvalue weighted by Gasteiger charge is 2.36. The number of hydrogen-bond acceptors (Lipinski definition) is 5. The molecule has 3 aromatic rings. The number of carbonyl (C=O) groups is 3. The lowest BCUT2D eigenvalue weighted by molar-refractivity contribution is -0.140. The van der Waals surface area contributed by atoms with Gasteiger partial charge in [-0.15, -0.1) is 0 Å². The molecule has 0 fully saturated rings. The molecule has 3 amide bonds. The van der Waals surface area contributed by atoms with Gasteiger partial charge in [0.1, 0.15) is 23.4 Å². The van der Waals surface area contributed by atoms with Crippen LogP contribution < -0.4 is 10.6 Å². The summed E-state index contributed by atoms with van der Waals surface area (Å²) >= 11 is 6.44. The molecule has 0 heterocycles. The zero-order chi connectivity index (χ0) is 31.2. The highest BCUT2D eigenvalue weighted by Crippen LogP contribution is 2.31. The zero-order valence-electron chi connectivity index (χ0n) is 25.2. The molecule has 224 valence electrons. The summed E-state index contributed by atoms with van der Waals surface area (Å²) in [5.41, 5.74) is 3.68. The predicted octanol–water partition coefficient (Wildman–Crippen LogP) is 6.64. The van der Waals surface area contributed by atoms with Gasteiger partial charge in [0.05, 0.1) is 10.7 Å². The number of halogens is 1. The summed E-state index contributed by atoms with van der Waals surface area (Å²) in [4.78, 5) is 42.7. The Balaban J connectivity index is 2.07. The minimum Gasteiger partial charge on any atom is -0.508 e. The molecule has 0 radical (unpaired) electrons. The Hall–Kier alpha value is -4.04. The Morgan fingerprint density at radius 3 is 2.21 bits per heavy atom. The molecular formula is C33H40ClN3O5. The van der Waals surface area contributed by atoms with E-state index in [1.807, 2.05) is 45.0 Å². The number of aromatic hydroxyl groups is 1. The number of anilines is 1. The molecule has 0 saturated carbocycles. The van der Waals surface area contributed by atoms with E-state index in [0.29, 0.717) is 21.8 Å². The van der Waals surface area contributed by atoms with Gasteiger partial charge in [-0.2, -0.15) is 0 Å². The minimum absolute atomic E-state index is 0.0818. The largest absolute Gasteiger partial charge is 0.508 e. The zero-order valence-corrected chi connectivity index (χ0v) is 26.0. The van der Waals surface area contributed by atoms with Crippen molar-refractivity contribution in [3.8, 4) is 5.75 Å². The van der Waals surface area contributed by atoms with Gasteiger partial charge in [-0.1, -0.05) is 59.6 Å². The summed E-state index contributed by atoms with van der Waals surface area (Å²) in [5.74, 6) is -0.820. The van der Waals surface area contributed by atoms with Crippen molar-refractivity contribution in [2.75, 3.05) is 11.9 Å². The molecule has 2 atom stereocenters. The number of phenols is 1. The van der Waals surface area contributed by atoms with Crippen LogP contribution in [0.1, 0.15) is 61.6 Å². The maximum atomic E-state index is 14.3. The summed E-state index contributed by atoms with van der Waals surface area (Å²) in [6, 6.07) is 15.3. The van der Waals surface area contributed by atoms with E-state index >= 15 is 0 Å². The van der Waals surface area contributed by atoms with Crippen molar-refractivity contribution in [3.63, 3.8) is 0 Å². The van der Waals surface area contributed by atoms with E-state index in [9.17, 15) is 19.5 Å². The first-order valence-electron chi connectivity index (χ1n) is 13.9. The lowest BCUT2D eigenvalue weighted by atomic mass is 9.95. The Labute approximate surface area is 253 Å². The number of benzene rings is 3. The summed E-state index contributed by atoms with van der Waals surface area (Å²) in [5, 5.41) is 15.8. The SMILES string of the molecule is CCN(C(=O)C(Cc1ccc(O)cc1)NC(=O)OC(C)(C)C)C(C(=O)Nc1c(C)cccc1Cl)c1ccc(C)cc1C. The maximum absolute atomic E-state index is 14.3. The van der Waals surface area contributed by atoms with E-state index < -0.39 is 35.6 Å².